The number of nitrogens with zero attached hydrogens (tertiary/aromatic N) is 3. The number of rotatable bonds is 8. The molecule has 2 N–H and O–H groups in total. The van der Waals surface area contributed by atoms with Crippen LogP contribution in [0.3, 0.4) is 0 Å². The number of aromatic nitrogens is 2. The molecule has 1 aromatic heterocycles. The maximum absolute atomic E-state index is 13.0. The first-order chi connectivity index (χ1) is 16.5. The SMILES string of the molecule is CCOc1ccc(N2CC(C(=O)Nc3ccccc3C(=O)Nc3nnc(CC)s3)CC2=O)cc1. The number of carbonyl (C=O) groups is 3. The molecule has 3 amide bonds. The minimum atomic E-state index is -0.537. The fourth-order valence-electron chi connectivity index (χ4n) is 3.66. The predicted octanol–water partition coefficient (Wildman–Crippen LogP) is 3.74. The molecule has 1 atom stereocenters. The second kappa shape index (κ2) is 10.4. The summed E-state index contributed by atoms with van der Waals surface area (Å²) in [5.74, 6) is -0.648. The molecule has 0 spiro atoms. The van der Waals surface area contributed by atoms with E-state index in [9.17, 15) is 14.4 Å². The van der Waals surface area contributed by atoms with Gasteiger partial charge in [0, 0.05) is 18.7 Å². The molecule has 0 bridgehead atoms. The lowest BCUT2D eigenvalue weighted by Gasteiger charge is -2.17. The number of amides is 3. The summed E-state index contributed by atoms with van der Waals surface area (Å²) in [6.45, 7) is 4.69. The van der Waals surface area contributed by atoms with Crippen LogP contribution in [0.25, 0.3) is 0 Å². The van der Waals surface area contributed by atoms with E-state index in [2.05, 4.69) is 20.8 Å². The van der Waals surface area contributed by atoms with Gasteiger partial charge >= 0.3 is 0 Å². The van der Waals surface area contributed by atoms with Crippen molar-refractivity contribution < 1.29 is 19.1 Å². The maximum Gasteiger partial charge on any atom is 0.259 e. The third-order valence-corrected chi connectivity index (χ3v) is 6.36. The summed E-state index contributed by atoms with van der Waals surface area (Å²) in [6.07, 6.45) is 0.825. The molecule has 1 aliphatic rings. The first-order valence-electron chi connectivity index (χ1n) is 11.0. The number of carbonyl (C=O) groups excluding carboxylic acids is 3. The van der Waals surface area contributed by atoms with E-state index in [1.54, 1.807) is 53.4 Å². The van der Waals surface area contributed by atoms with Crippen molar-refractivity contribution in [3.63, 3.8) is 0 Å². The second-order valence-electron chi connectivity index (χ2n) is 7.68. The third kappa shape index (κ3) is 5.23. The van der Waals surface area contributed by atoms with E-state index in [1.807, 2.05) is 13.8 Å². The van der Waals surface area contributed by atoms with Crippen molar-refractivity contribution in [3.8, 4) is 5.75 Å². The van der Waals surface area contributed by atoms with Gasteiger partial charge in [0.15, 0.2) is 0 Å². The molecule has 1 unspecified atom stereocenters. The van der Waals surface area contributed by atoms with E-state index in [-0.39, 0.29) is 24.8 Å². The monoisotopic (exact) mass is 479 g/mol. The summed E-state index contributed by atoms with van der Waals surface area (Å²) < 4.78 is 5.44. The van der Waals surface area contributed by atoms with Crippen molar-refractivity contribution in [2.24, 2.45) is 5.92 Å². The standard InChI is InChI=1S/C24H25N5O4S/c1-3-20-27-28-24(34-20)26-23(32)18-7-5-6-8-19(18)25-22(31)15-13-21(30)29(14-15)16-9-11-17(12-10-16)33-4-2/h5-12,15H,3-4,13-14H2,1-2H3,(H,25,31)(H,26,28,32). The Morgan fingerprint density at radius 3 is 2.56 bits per heavy atom. The molecular formula is C24H25N5O4S. The number of aryl methyl sites for hydroxylation is 1. The van der Waals surface area contributed by atoms with Crippen LogP contribution < -0.4 is 20.3 Å². The average molecular weight is 480 g/mol. The molecule has 2 heterocycles. The highest BCUT2D eigenvalue weighted by atomic mass is 32.1. The van der Waals surface area contributed by atoms with Crippen LogP contribution in [-0.2, 0) is 16.0 Å². The molecule has 10 heteroatoms. The molecule has 3 aromatic rings. The van der Waals surface area contributed by atoms with Crippen molar-refractivity contribution in [2.45, 2.75) is 26.7 Å². The van der Waals surface area contributed by atoms with E-state index in [1.165, 1.54) is 11.3 Å². The van der Waals surface area contributed by atoms with Crippen molar-refractivity contribution in [2.75, 3.05) is 28.7 Å². The Balaban J connectivity index is 1.43. The Labute approximate surface area is 201 Å². The van der Waals surface area contributed by atoms with Gasteiger partial charge in [-0.15, -0.1) is 10.2 Å². The largest absolute Gasteiger partial charge is 0.494 e. The predicted molar refractivity (Wildman–Crippen MR) is 130 cm³/mol. The molecule has 0 saturated carbocycles. The average Bonchev–Trinajstić information content (AvgIpc) is 3.46. The molecule has 0 radical (unpaired) electrons. The van der Waals surface area contributed by atoms with Crippen LogP contribution in [0.1, 0.15) is 35.6 Å². The normalized spacial score (nSPS) is 15.3. The van der Waals surface area contributed by atoms with E-state index in [0.717, 1.165) is 17.2 Å². The van der Waals surface area contributed by atoms with E-state index in [0.29, 0.717) is 28.7 Å². The lowest BCUT2D eigenvalue weighted by Crippen LogP contribution is -2.28. The van der Waals surface area contributed by atoms with Crippen molar-refractivity contribution >= 4 is 45.6 Å². The zero-order chi connectivity index (χ0) is 24.1. The van der Waals surface area contributed by atoms with E-state index >= 15 is 0 Å². The first-order valence-corrected chi connectivity index (χ1v) is 11.9. The summed E-state index contributed by atoms with van der Waals surface area (Å²) in [7, 11) is 0. The Morgan fingerprint density at radius 1 is 1.09 bits per heavy atom. The fourth-order valence-corrected chi connectivity index (χ4v) is 4.33. The minimum absolute atomic E-state index is 0.0952. The summed E-state index contributed by atoms with van der Waals surface area (Å²) >= 11 is 1.31. The summed E-state index contributed by atoms with van der Waals surface area (Å²) in [5.41, 5.74) is 1.39. The molecular weight excluding hydrogens is 454 g/mol. The number of nitrogens with one attached hydrogen (secondary N) is 2. The van der Waals surface area contributed by atoms with Crippen LogP contribution in [0.2, 0.25) is 0 Å². The molecule has 176 valence electrons. The summed E-state index contributed by atoms with van der Waals surface area (Å²) in [4.78, 5) is 40.0. The van der Waals surface area contributed by atoms with Crippen LogP contribution in [0.5, 0.6) is 5.75 Å². The first kappa shape index (κ1) is 23.4. The Kier molecular flexibility index (Phi) is 7.17. The Morgan fingerprint density at radius 2 is 1.85 bits per heavy atom. The number of para-hydroxylation sites is 1. The molecule has 1 aliphatic heterocycles. The van der Waals surface area contributed by atoms with Crippen LogP contribution in [0.15, 0.2) is 48.5 Å². The van der Waals surface area contributed by atoms with Crippen LogP contribution >= 0.6 is 11.3 Å². The fraction of sp³-hybridized carbons (Fsp3) is 0.292. The Hall–Kier alpha value is -3.79. The van der Waals surface area contributed by atoms with Gasteiger partial charge < -0.3 is 15.0 Å². The zero-order valence-electron chi connectivity index (χ0n) is 18.9. The quantitative estimate of drug-likeness (QED) is 0.509. The number of anilines is 3. The smallest absolute Gasteiger partial charge is 0.259 e. The lowest BCUT2D eigenvalue weighted by molar-refractivity contribution is -0.122. The van der Waals surface area contributed by atoms with Gasteiger partial charge in [0.2, 0.25) is 16.9 Å². The molecule has 1 fully saturated rings. The highest BCUT2D eigenvalue weighted by Crippen LogP contribution is 2.28. The molecule has 9 nitrogen and oxygen atoms in total. The number of benzene rings is 2. The lowest BCUT2D eigenvalue weighted by atomic mass is 10.1. The maximum atomic E-state index is 13.0. The molecule has 34 heavy (non-hydrogen) atoms. The van der Waals surface area contributed by atoms with Gasteiger partial charge in [-0.05, 0) is 49.7 Å². The molecule has 1 saturated heterocycles. The minimum Gasteiger partial charge on any atom is -0.494 e. The van der Waals surface area contributed by atoms with Gasteiger partial charge in [-0.25, -0.2) is 0 Å². The highest BCUT2D eigenvalue weighted by molar-refractivity contribution is 7.15. The van der Waals surface area contributed by atoms with Gasteiger partial charge in [0.25, 0.3) is 5.91 Å². The van der Waals surface area contributed by atoms with Gasteiger partial charge in [0.05, 0.1) is 23.8 Å². The number of ether oxygens (including phenoxy) is 1. The Bertz CT molecular complexity index is 1190. The van der Waals surface area contributed by atoms with E-state index < -0.39 is 11.8 Å². The topological polar surface area (TPSA) is 114 Å². The van der Waals surface area contributed by atoms with Crippen molar-refractivity contribution in [1.82, 2.24) is 10.2 Å². The molecule has 0 aliphatic carbocycles. The number of hydrogen-bond acceptors (Lipinski definition) is 7. The summed E-state index contributed by atoms with van der Waals surface area (Å²) in [6, 6.07) is 13.9. The highest BCUT2D eigenvalue weighted by Gasteiger charge is 2.35. The van der Waals surface area contributed by atoms with Gasteiger partial charge in [-0.1, -0.05) is 30.4 Å². The zero-order valence-corrected chi connectivity index (χ0v) is 19.7. The van der Waals surface area contributed by atoms with Crippen LogP contribution in [0, 0.1) is 5.92 Å². The van der Waals surface area contributed by atoms with Crippen LogP contribution in [0.4, 0.5) is 16.5 Å². The van der Waals surface area contributed by atoms with Gasteiger partial charge in [-0.2, -0.15) is 0 Å². The van der Waals surface area contributed by atoms with Gasteiger partial charge in [-0.3, -0.25) is 19.7 Å². The van der Waals surface area contributed by atoms with Crippen molar-refractivity contribution in [3.05, 3.63) is 59.1 Å². The number of hydrogen-bond donors (Lipinski definition) is 2. The van der Waals surface area contributed by atoms with Crippen molar-refractivity contribution in [1.29, 1.82) is 0 Å². The third-order valence-electron chi connectivity index (χ3n) is 5.37. The second-order valence-corrected chi connectivity index (χ2v) is 8.74. The van der Waals surface area contributed by atoms with E-state index in [4.69, 9.17) is 4.74 Å². The van der Waals surface area contributed by atoms with Crippen LogP contribution in [-0.4, -0.2) is 41.1 Å². The van der Waals surface area contributed by atoms with Gasteiger partial charge in [0.1, 0.15) is 10.8 Å². The molecule has 2 aromatic carbocycles. The molecule has 4 rings (SSSR count). The summed E-state index contributed by atoms with van der Waals surface area (Å²) in [5, 5.41) is 14.7.